The van der Waals surface area contributed by atoms with Crippen molar-refractivity contribution < 1.29 is 19.1 Å². The Balaban J connectivity index is 2.07. The Kier molecular flexibility index (Phi) is 4.92. The molecule has 2 rings (SSSR count). The molecule has 1 heterocycles. The van der Waals surface area contributed by atoms with E-state index in [0.717, 1.165) is 0 Å². The molecule has 1 amide bonds. The highest BCUT2D eigenvalue weighted by Crippen LogP contribution is 2.17. The number of H-pyrrole nitrogens is 1. The van der Waals surface area contributed by atoms with E-state index in [2.05, 4.69) is 15.0 Å². The van der Waals surface area contributed by atoms with Gasteiger partial charge >= 0.3 is 5.97 Å². The first-order valence-electron chi connectivity index (χ1n) is 6.39. The van der Waals surface area contributed by atoms with Crippen molar-refractivity contribution in [2.24, 2.45) is 0 Å². The third-order valence-electron chi connectivity index (χ3n) is 2.74. The Morgan fingerprint density at radius 2 is 2.05 bits per heavy atom. The van der Waals surface area contributed by atoms with E-state index in [4.69, 9.17) is 4.74 Å². The van der Waals surface area contributed by atoms with E-state index in [-0.39, 0.29) is 12.2 Å². The van der Waals surface area contributed by atoms with E-state index in [1.165, 1.54) is 25.4 Å². The van der Waals surface area contributed by atoms with Gasteiger partial charge < -0.3 is 19.8 Å². The number of hydrogen-bond donors (Lipinski definition) is 2. The first-order chi connectivity index (χ1) is 10.6. The molecule has 114 valence electrons. The van der Waals surface area contributed by atoms with Crippen molar-refractivity contribution in [3.8, 4) is 5.75 Å². The summed E-state index contributed by atoms with van der Waals surface area (Å²) in [7, 11) is 1.26. The van der Waals surface area contributed by atoms with Gasteiger partial charge in [0.05, 0.1) is 7.11 Å². The Hall–Kier alpha value is -3.09. The molecule has 0 saturated heterocycles. The molecule has 7 nitrogen and oxygen atoms in total. The number of rotatable bonds is 5. The van der Waals surface area contributed by atoms with Crippen molar-refractivity contribution in [3.05, 3.63) is 58.5 Å². The van der Waals surface area contributed by atoms with Crippen LogP contribution < -0.4 is 15.6 Å². The molecule has 0 aliphatic carbocycles. The Bertz CT molecular complexity index is 738. The van der Waals surface area contributed by atoms with Gasteiger partial charge in [-0.1, -0.05) is 6.07 Å². The lowest BCUT2D eigenvalue weighted by molar-refractivity contribution is -0.142. The van der Waals surface area contributed by atoms with Gasteiger partial charge in [0.15, 0.2) is 6.61 Å². The highest BCUT2D eigenvalue weighted by molar-refractivity contribution is 6.04. The summed E-state index contributed by atoms with van der Waals surface area (Å²) < 4.78 is 9.68. The minimum atomic E-state index is -0.535. The van der Waals surface area contributed by atoms with Crippen molar-refractivity contribution in [2.45, 2.75) is 0 Å². The van der Waals surface area contributed by atoms with Crippen LogP contribution in [0.3, 0.4) is 0 Å². The lowest BCUT2D eigenvalue weighted by Gasteiger charge is -2.08. The van der Waals surface area contributed by atoms with Crippen molar-refractivity contribution in [1.82, 2.24) is 4.98 Å². The standard InChI is InChI=1S/C15H14N2O5/c1-21-13(18)9-22-11-5-2-4-10(8-11)17-15(20)12-6-3-7-16-14(12)19/h2-8H,9H2,1H3,(H,16,19)(H,17,20). The zero-order chi connectivity index (χ0) is 15.9. The van der Waals surface area contributed by atoms with Crippen molar-refractivity contribution >= 4 is 17.6 Å². The molecular weight excluding hydrogens is 288 g/mol. The van der Waals surface area contributed by atoms with E-state index in [1.807, 2.05) is 0 Å². The van der Waals surface area contributed by atoms with E-state index in [9.17, 15) is 14.4 Å². The number of aromatic amines is 1. The summed E-state index contributed by atoms with van der Waals surface area (Å²) in [5.41, 5.74) is -0.0305. The predicted octanol–water partition coefficient (Wildman–Crippen LogP) is 1.18. The van der Waals surface area contributed by atoms with Crippen LogP contribution in [-0.2, 0) is 9.53 Å². The highest BCUT2D eigenvalue weighted by Gasteiger charge is 2.10. The Morgan fingerprint density at radius 1 is 1.23 bits per heavy atom. The smallest absolute Gasteiger partial charge is 0.343 e. The quantitative estimate of drug-likeness (QED) is 0.808. The van der Waals surface area contributed by atoms with Crippen LogP contribution in [-0.4, -0.2) is 30.6 Å². The van der Waals surface area contributed by atoms with Gasteiger partial charge in [0.1, 0.15) is 11.3 Å². The van der Waals surface area contributed by atoms with Crippen LogP contribution in [0.15, 0.2) is 47.4 Å². The number of ether oxygens (including phenoxy) is 2. The van der Waals surface area contributed by atoms with Crippen molar-refractivity contribution in [1.29, 1.82) is 0 Å². The number of hydrogen-bond acceptors (Lipinski definition) is 5. The van der Waals surface area contributed by atoms with Crippen LogP contribution in [0.2, 0.25) is 0 Å². The van der Waals surface area contributed by atoms with E-state index < -0.39 is 17.4 Å². The summed E-state index contributed by atoms with van der Waals surface area (Å²) in [5.74, 6) is -0.651. The monoisotopic (exact) mass is 302 g/mol. The predicted molar refractivity (Wildman–Crippen MR) is 79.0 cm³/mol. The molecular formula is C15H14N2O5. The minimum absolute atomic E-state index is 0.00313. The first-order valence-corrected chi connectivity index (χ1v) is 6.39. The molecule has 0 spiro atoms. The van der Waals surface area contributed by atoms with Crippen molar-refractivity contribution in [3.63, 3.8) is 0 Å². The molecule has 2 N–H and O–H groups in total. The van der Waals surface area contributed by atoms with E-state index in [0.29, 0.717) is 11.4 Å². The topological polar surface area (TPSA) is 97.5 Å². The minimum Gasteiger partial charge on any atom is -0.482 e. The highest BCUT2D eigenvalue weighted by atomic mass is 16.6. The van der Waals surface area contributed by atoms with E-state index in [1.54, 1.807) is 24.3 Å². The summed E-state index contributed by atoms with van der Waals surface area (Å²) in [6.07, 6.45) is 1.44. The number of amides is 1. The summed E-state index contributed by atoms with van der Waals surface area (Å²) in [6, 6.07) is 9.45. The fourth-order valence-electron chi connectivity index (χ4n) is 1.66. The molecule has 1 aromatic heterocycles. The first kappa shape index (κ1) is 15.3. The third-order valence-corrected chi connectivity index (χ3v) is 2.74. The molecule has 7 heteroatoms. The second-order valence-corrected chi connectivity index (χ2v) is 4.26. The van der Waals surface area contributed by atoms with Crippen LogP contribution in [0, 0.1) is 0 Å². The van der Waals surface area contributed by atoms with Crippen molar-refractivity contribution in [2.75, 3.05) is 19.0 Å². The van der Waals surface area contributed by atoms with Gasteiger partial charge in [-0.15, -0.1) is 0 Å². The molecule has 0 fully saturated rings. The van der Waals surface area contributed by atoms with Crippen LogP contribution >= 0.6 is 0 Å². The van der Waals surface area contributed by atoms with Gasteiger partial charge in [-0.3, -0.25) is 9.59 Å². The lowest BCUT2D eigenvalue weighted by atomic mass is 10.2. The largest absolute Gasteiger partial charge is 0.482 e. The summed E-state index contributed by atoms with van der Waals surface area (Å²) in [5, 5.41) is 2.59. The van der Waals surface area contributed by atoms with Gasteiger partial charge in [-0.2, -0.15) is 0 Å². The second kappa shape index (κ2) is 7.07. The second-order valence-electron chi connectivity index (χ2n) is 4.26. The SMILES string of the molecule is COC(=O)COc1cccc(NC(=O)c2ccc[nH]c2=O)c1. The number of methoxy groups -OCH3 is 1. The van der Waals surface area contributed by atoms with Gasteiger partial charge in [0.2, 0.25) is 0 Å². The van der Waals surface area contributed by atoms with Crippen LogP contribution in [0.25, 0.3) is 0 Å². The Morgan fingerprint density at radius 3 is 2.77 bits per heavy atom. The van der Waals surface area contributed by atoms with E-state index >= 15 is 0 Å². The number of nitrogens with one attached hydrogen (secondary N) is 2. The van der Waals surface area contributed by atoms with Gasteiger partial charge in [0, 0.05) is 18.0 Å². The number of esters is 1. The molecule has 0 unspecified atom stereocenters. The van der Waals surface area contributed by atoms with Crippen LogP contribution in [0.5, 0.6) is 5.75 Å². The van der Waals surface area contributed by atoms with Crippen LogP contribution in [0.4, 0.5) is 5.69 Å². The van der Waals surface area contributed by atoms with Gasteiger partial charge in [-0.05, 0) is 24.3 Å². The molecule has 22 heavy (non-hydrogen) atoms. The fraction of sp³-hybridized carbons (Fsp3) is 0.133. The molecule has 0 radical (unpaired) electrons. The average Bonchev–Trinajstić information content (AvgIpc) is 2.53. The van der Waals surface area contributed by atoms with Gasteiger partial charge in [-0.25, -0.2) is 4.79 Å². The molecule has 0 aliphatic heterocycles. The molecule has 0 aliphatic rings. The summed E-state index contributed by atoms with van der Waals surface area (Å²) in [4.78, 5) is 37.0. The number of anilines is 1. The summed E-state index contributed by atoms with van der Waals surface area (Å²) in [6.45, 7) is -0.230. The number of aromatic nitrogens is 1. The number of benzene rings is 1. The number of pyridine rings is 1. The average molecular weight is 302 g/mol. The molecule has 0 saturated carbocycles. The normalized spacial score (nSPS) is 9.86. The number of carbonyl (C=O) groups excluding carboxylic acids is 2. The zero-order valence-electron chi connectivity index (χ0n) is 11.8. The zero-order valence-corrected chi connectivity index (χ0v) is 11.8. The van der Waals surface area contributed by atoms with Crippen LogP contribution in [0.1, 0.15) is 10.4 Å². The Labute approximate surface area is 125 Å². The molecule has 0 bridgehead atoms. The molecule has 1 aromatic carbocycles. The summed E-state index contributed by atoms with van der Waals surface area (Å²) >= 11 is 0. The molecule has 2 aromatic rings. The molecule has 0 atom stereocenters. The maximum Gasteiger partial charge on any atom is 0.343 e. The fourth-order valence-corrected chi connectivity index (χ4v) is 1.66. The van der Waals surface area contributed by atoms with Gasteiger partial charge in [0.25, 0.3) is 11.5 Å². The lowest BCUT2D eigenvalue weighted by Crippen LogP contribution is -2.22. The maximum absolute atomic E-state index is 12.0. The maximum atomic E-state index is 12.0. The third kappa shape index (κ3) is 3.95. The number of carbonyl (C=O) groups is 2.